The van der Waals surface area contributed by atoms with Gasteiger partial charge in [-0.25, -0.2) is 0 Å². The lowest BCUT2D eigenvalue weighted by Gasteiger charge is -2.33. The number of imide groups is 1. The topological polar surface area (TPSA) is 113 Å². The zero-order valence-electron chi connectivity index (χ0n) is 13.8. The molecule has 0 atom stereocenters. The van der Waals surface area contributed by atoms with Crippen LogP contribution in [-0.2, 0) is 14.4 Å². The van der Waals surface area contributed by atoms with Crippen molar-refractivity contribution >= 4 is 34.8 Å². The molecular formula is C17H20N4O4. The molecule has 2 saturated heterocycles. The maximum absolute atomic E-state index is 12.0. The number of benzene rings is 1. The molecule has 1 aromatic carbocycles. The highest BCUT2D eigenvalue weighted by molar-refractivity contribution is 6.16. The van der Waals surface area contributed by atoms with E-state index in [1.807, 2.05) is 4.90 Å². The van der Waals surface area contributed by atoms with Gasteiger partial charge in [-0.2, -0.15) is 0 Å². The van der Waals surface area contributed by atoms with E-state index in [0.717, 1.165) is 4.90 Å². The van der Waals surface area contributed by atoms with Crippen LogP contribution >= 0.6 is 0 Å². The fraction of sp³-hybridized carbons (Fsp3) is 0.471. The van der Waals surface area contributed by atoms with E-state index in [-0.39, 0.29) is 29.3 Å². The van der Waals surface area contributed by atoms with E-state index in [1.54, 1.807) is 12.1 Å². The van der Waals surface area contributed by atoms with Crippen molar-refractivity contribution in [2.45, 2.75) is 32.1 Å². The number of anilines is 2. The molecule has 0 spiro atoms. The molecule has 0 radical (unpaired) electrons. The molecule has 2 N–H and O–H groups in total. The van der Waals surface area contributed by atoms with Gasteiger partial charge in [0.15, 0.2) is 0 Å². The zero-order valence-corrected chi connectivity index (χ0v) is 13.8. The SMILES string of the molecule is NC(=O)C1CCN(c2ccc(N3C(=O)CCCC3=O)cc2N=O)CC1. The van der Waals surface area contributed by atoms with Crippen LogP contribution in [0.15, 0.2) is 23.4 Å². The van der Waals surface area contributed by atoms with Crippen LogP contribution in [0.25, 0.3) is 0 Å². The van der Waals surface area contributed by atoms with Crippen molar-refractivity contribution < 1.29 is 14.4 Å². The predicted molar refractivity (Wildman–Crippen MR) is 92.4 cm³/mol. The van der Waals surface area contributed by atoms with Crippen molar-refractivity contribution in [3.8, 4) is 0 Å². The number of carbonyl (C=O) groups excluding carboxylic acids is 3. The fourth-order valence-electron chi connectivity index (χ4n) is 3.44. The standard InChI is InChI=1S/C17H20N4O4/c18-17(24)11-6-8-20(9-7-11)14-5-4-12(10-13(14)19-25)21-15(22)2-1-3-16(21)23/h4-5,10-11H,1-3,6-9H2,(H2,18,24). The number of nitrogens with two attached hydrogens (primary N) is 1. The Morgan fingerprint density at radius 1 is 1.12 bits per heavy atom. The Hall–Kier alpha value is -2.77. The minimum absolute atomic E-state index is 0.147. The number of nitrogens with zero attached hydrogens (tertiary/aromatic N) is 3. The van der Waals surface area contributed by atoms with Gasteiger partial charge in [0.05, 0.1) is 11.4 Å². The van der Waals surface area contributed by atoms with E-state index in [0.29, 0.717) is 56.6 Å². The lowest BCUT2D eigenvalue weighted by Crippen LogP contribution is -2.40. The first-order valence-corrected chi connectivity index (χ1v) is 8.38. The van der Waals surface area contributed by atoms with E-state index in [9.17, 15) is 19.3 Å². The van der Waals surface area contributed by atoms with E-state index in [1.165, 1.54) is 6.07 Å². The molecule has 0 aliphatic carbocycles. The van der Waals surface area contributed by atoms with Gasteiger partial charge in [-0.15, -0.1) is 4.91 Å². The van der Waals surface area contributed by atoms with E-state index >= 15 is 0 Å². The molecule has 0 saturated carbocycles. The van der Waals surface area contributed by atoms with E-state index < -0.39 is 0 Å². The molecule has 0 aromatic heterocycles. The molecule has 8 nitrogen and oxygen atoms in total. The van der Waals surface area contributed by atoms with E-state index in [2.05, 4.69) is 5.18 Å². The van der Waals surface area contributed by atoms with Gasteiger partial charge in [0.2, 0.25) is 17.7 Å². The van der Waals surface area contributed by atoms with Crippen LogP contribution in [0.2, 0.25) is 0 Å². The number of hydrogen-bond donors (Lipinski definition) is 1. The summed E-state index contributed by atoms with van der Waals surface area (Å²) in [4.78, 5) is 49.7. The van der Waals surface area contributed by atoms with Crippen LogP contribution < -0.4 is 15.5 Å². The van der Waals surface area contributed by atoms with Gasteiger partial charge in [0.25, 0.3) is 0 Å². The monoisotopic (exact) mass is 344 g/mol. The van der Waals surface area contributed by atoms with Gasteiger partial charge < -0.3 is 10.6 Å². The largest absolute Gasteiger partial charge is 0.370 e. The first kappa shape index (κ1) is 17.1. The van der Waals surface area contributed by atoms with Crippen LogP contribution in [0.1, 0.15) is 32.1 Å². The first-order chi connectivity index (χ1) is 12.0. The Bertz CT molecular complexity index is 709. The molecule has 2 heterocycles. The third-order valence-electron chi connectivity index (χ3n) is 4.83. The van der Waals surface area contributed by atoms with Crippen molar-refractivity contribution in [3.05, 3.63) is 23.1 Å². The highest BCUT2D eigenvalue weighted by Gasteiger charge is 2.29. The minimum atomic E-state index is -0.300. The van der Waals surface area contributed by atoms with Crippen molar-refractivity contribution in [3.63, 3.8) is 0 Å². The van der Waals surface area contributed by atoms with Crippen LogP contribution in [0, 0.1) is 10.8 Å². The maximum atomic E-state index is 12.0. The number of rotatable bonds is 4. The van der Waals surface area contributed by atoms with Crippen molar-refractivity contribution in [1.29, 1.82) is 0 Å². The molecule has 132 valence electrons. The van der Waals surface area contributed by atoms with E-state index in [4.69, 9.17) is 5.73 Å². The second-order valence-electron chi connectivity index (χ2n) is 6.40. The highest BCUT2D eigenvalue weighted by Crippen LogP contribution is 2.36. The summed E-state index contributed by atoms with van der Waals surface area (Å²) in [6.07, 6.45) is 2.44. The number of piperidine rings is 2. The van der Waals surface area contributed by atoms with Gasteiger partial charge in [-0.3, -0.25) is 19.3 Å². The van der Waals surface area contributed by atoms with Crippen molar-refractivity contribution in [2.75, 3.05) is 22.9 Å². The van der Waals surface area contributed by atoms with Crippen LogP contribution in [0.5, 0.6) is 0 Å². The summed E-state index contributed by atoms with van der Waals surface area (Å²) in [7, 11) is 0. The van der Waals surface area contributed by atoms with Gasteiger partial charge >= 0.3 is 0 Å². The Labute approximate surface area is 144 Å². The van der Waals surface area contributed by atoms with Crippen LogP contribution in [0.3, 0.4) is 0 Å². The molecule has 3 rings (SSSR count). The molecule has 2 aliphatic heterocycles. The fourth-order valence-corrected chi connectivity index (χ4v) is 3.44. The zero-order chi connectivity index (χ0) is 18.0. The minimum Gasteiger partial charge on any atom is -0.370 e. The number of primary amides is 1. The Kier molecular flexibility index (Phi) is 4.78. The van der Waals surface area contributed by atoms with Crippen molar-refractivity contribution in [2.24, 2.45) is 16.8 Å². The van der Waals surface area contributed by atoms with Gasteiger partial charge in [0.1, 0.15) is 5.69 Å². The second-order valence-corrected chi connectivity index (χ2v) is 6.40. The number of nitroso groups, excluding NO2 is 1. The number of amides is 3. The molecular weight excluding hydrogens is 324 g/mol. The molecule has 0 unspecified atom stereocenters. The lowest BCUT2D eigenvalue weighted by atomic mass is 9.95. The molecule has 1 aromatic rings. The van der Waals surface area contributed by atoms with Crippen LogP contribution in [-0.4, -0.2) is 30.8 Å². The Morgan fingerprint density at radius 3 is 2.32 bits per heavy atom. The third-order valence-corrected chi connectivity index (χ3v) is 4.83. The maximum Gasteiger partial charge on any atom is 0.233 e. The molecule has 2 fully saturated rings. The predicted octanol–water partition coefficient (Wildman–Crippen LogP) is 1.83. The summed E-state index contributed by atoms with van der Waals surface area (Å²) < 4.78 is 0. The van der Waals surface area contributed by atoms with Crippen molar-refractivity contribution in [1.82, 2.24) is 0 Å². The molecule has 25 heavy (non-hydrogen) atoms. The molecule has 2 aliphatic rings. The van der Waals surface area contributed by atoms with Gasteiger partial charge in [-0.1, -0.05) is 0 Å². The number of carbonyl (C=O) groups is 3. The number of hydrogen-bond acceptors (Lipinski definition) is 6. The van der Waals surface area contributed by atoms with Crippen LogP contribution in [0.4, 0.5) is 17.1 Å². The second kappa shape index (κ2) is 7.00. The van der Waals surface area contributed by atoms with Gasteiger partial charge in [-0.05, 0) is 42.6 Å². The first-order valence-electron chi connectivity index (χ1n) is 8.38. The normalized spacial score (nSPS) is 19.2. The summed E-state index contributed by atoms with van der Waals surface area (Å²) in [5.74, 6) is -0.969. The Morgan fingerprint density at radius 2 is 1.76 bits per heavy atom. The molecule has 8 heteroatoms. The Balaban J connectivity index is 1.83. The quantitative estimate of drug-likeness (QED) is 0.661. The summed E-state index contributed by atoms with van der Waals surface area (Å²) in [5, 5.41) is 3.07. The average Bonchev–Trinajstić information content (AvgIpc) is 2.61. The van der Waals surface area contributed by atoms with Gasteiger partial charge in [0, 0.05) is 31.8 Å². The summed E-state index contributed by atoms with van der Waals surface area (Å²) in [5.41, 5.74) is 6.53. The average molecular weight is 344 g/mol. The molecule has 3 amide bonds. The summed E-state index contributed by atoms with van der Waals surface area (Å²) >= 11 is 0. The summed E-state index contributed by atoms with van der Waals surface area (Å²) in [6, 6.07) is 4.83. The lowest BCUT2D eigenvalue weighted by molar-refractivity contribution is -0.129. The summed E-state index contributed by atoms with van der Waals surface area (Å²) in [6.45, 7) is 1.19. The molecule has 0 bridgehead atoms. The third kappa shape index (κ3) is 3.38. The smallest absolute Gasteiger partial charge is 0.233 e. The highest BCUT2D eigenvalue weighted by atomic mass is 16.3.